The van der Waals surface area contributed by atoms with Crippen LogP contribution < -0.4 is 5.32 Å². The van der Waals surface area contributed by atoms with E-state index in [0.717, 1.165) is 41.8 Å². The van der Waals surface area contributed by atoms with E-state index >= 15 is 0 Å². The van der Waals surface area contributed by atoms with E-state index in [1.54, 1.807) is 0 Å². The maximum absolute atomic E-state index is 12.5. The molecule has 0 aliphatic heterocycles. The van der Waals surface area contributed by atoms with Gasteiger partial charge >= 0.3 is 0 Å². The first-order chi connectivity index (χ1) is 11.5. The zero-order valence-corrected chi connectivity index (χ0v) is 14.3. The molecule has 1 aromatic heterocycles. The van der Waals surface area contributed by atoms with Crippen molar-refractivity contribution in [3.63, 3.8) is 0 Å². The summed E-state index contributed by atoms with van der Waals surface area (Å²) in [6, 6.07) is 11.7. The van der Waals surface area contributed by atoms with Crippen LogP contribution >= 0.6 is 0 Å². The minimum absolute atomic E-state index is 0.0842. The van der Waals surface area contributed by atoms with Crippen LogP contribution in [0.3, 0.4) is 0 Å². The standard InChI is InChI=1S/C20H24N2O2/c1-14-9-18(10-15(2)22-14)16-5-3-6-17(11-16)19(24)21-12-20(13-23)7-4-8-20/h3,5-6,9-11,23H,4,7-8,12-13H2,1-2H3,(H,21,24). The largest absolute Gasteiger partial charge is 0.396 e. The minimum Gasteiger partial charge on any atom is -0.396 e. The predicted molar refractivity (Wildman–Crippen MR) is 94.9 cm³/mol. The Morgan fingerprint density at radius 3 is 2.46 bits per heavy atom. The Bertz CT molecular complexity index is 725. The number of amides is 1. The average Bonchev–Trinajstić information content (AvgIpc) is 2.53. The van der Waals surface area contributed by atoms with Crippen molar-refractivity contribution >= 4 is 5.91 Å². The quantitative estimate of drug-likeness (QED) is 0.887. The number of nitrogens with zero attached hydrogens (tertiary/aromatic N) is 1. The van der Waals surface area contributed by atoms with Gasteiger partial charge in [-0.3, -0.25) is 9.78 Å². The molecule has 4 nitrogen and oxygen atoms in total. The number of aliphatic hydroxyl groups excluding tert-OH is 1. The number of aryl methyl sites for hydroxylation is 2. The van der Waals surface area contributed by atoms with Crippen molar-refractivity contribution in [2.24, 2.45) is 5.41 Å². The fourth-order valence-electron chi connectivity index (χ4n) is 3.28. The van der Waals surface area contributed by atoms with Gasteiger partial charge in [-0.15, -0.1) is 0 Å². The molecule has 24 heavy (non-hydrogen) atoms. The van der Waals surface area contributed by atoms with E-state index in [-0.39, 0.29) is 17.9 Å². The van der Waals surface area contributed by atoms with E-state index in [9.17, 15) is 9.90 Å². The molecule has 1 aromatic carbocycles. The number of rotatable bonds is 5. The molecule has 1 fully saturated rings. The molecule has 0 saturated heterocycles. The van der Waals surface area contributed by atoms with E-state index < -0.39 is 0 Å². The summed E-state index contributed by atoms with van der Waals surface area (Å²) in [4.78, 5) is 16.9. The lowest BCUT2D eigenvalue weighted by molar-refractivity contribution is 0.0429. The number of hydrogen-bond donors (Lipinski definition) is 2. The molecule has 0 unspecified atom stereocenters. The van der Waals surface area contributed by atoms with Crippen LogP contribution in [0.15, 0.2) is 36.4 Å². The lowest BCUT2D eigenvalue weighted by Gasteiger charge is -2.40. The number of nitrogens with one attached hydrogen (secondary N) is 1. The Morgan fingerprint density at radius 2 is 1.88 bits per heavy atom. The van der Waals surface area contributed by atoms with Gasteiger partial charge in [0.25, 0.3) is 5.91 Å². The van der Waals surface area contributed by atoms with Gasteiger partial charge < -0.3 is 10.4 Å². The molecule has 1 aliphatic carbocycles. The highest BCUT2D eigenvalue weighted by Crippen LogP contribution is 2.39. The van der Waals surface area contributed by atoms with Crippen LogP contribution in [0.5, 0.6) is 0 Å². The van der Waals surface area contributed by atoms with Crippen molar-refractivity contribution in [1.82, 2.24) is 10.3 Å². The zero-order chi connectivity index (χ0) is 17.2. The highest BCUT2D eigenvalue weighted by Gasteiger charge is 2.36. The van der Waals surface area contributed by atoms with Crippen LogP contribution in [0.2, 0.25) is 0 Å². The first-order valence-corrected chi connectivity index (χ1v) is 8.46. The summed E-state index contributed by atoms with van der Waals surface area (Å²) >= 11 is 0. The van der Waals surface area contributed by atoms with Gasteiger partial charge in [0.2, 0.25) is 0 Å². The van der Waals surface area contributed by atoms with Crippen molar-refractivity contribution < 1.29 is 9.90 Å². The third-order valence-electron chi connectivity index (χ3n) is 4.91. The summed E-state index contributed by atoms with van der Waals surface area (Å²) in [5, 5.41) is 12.5. The highest BCUT2D eigenvalue weighted by molar-refractivity contribution is 5.95. The SMILES string of the molecule is Cc1cc(-c2cccc(C(=O)NCC3(CO)CCC3)c2)cc(C)n1. The molecular weight excluding hydrogens is 300 g/mol. The smallest absolute Gasteiger partial charge is 0.251 e. The van der Waals surface area contributed by atoms with Crippen molar-refractivity contribution in [3.05, 3.63) is 53.3 Å². The van der Waals surface area contributed by atoms with Gasteiger partial charge in [0.15, 0.2) is 0 Å². The number of carbonyl (C=O) groups is 1. The van der Waals surface area contributed by atoms with Crippen molar-refractivity contribution in [2.45, 2.75) is 33.1 Å². The molecule has 3 rings (SSSR count). The molecule has 0 bridgehead atoms. The maximum atomic E-state index is 12.5. The van der Waals surface area contributed by atoms with Crippen LogP contribution in [0.1, 0.15) is 41.0 Å². The summed E-state index contributed by atoms with van der Waals surface area (Å²) < 4.78 is 0. The minimum atomic E-state index is -0.105. The van der Waals surface area contributed by atoms with Crippen molar-refractivity contribution in [1.29, 1.82) is 0 Å². The summed E-state index contributed by atoms with van der Waals surface area (Å²) in [7, 11) is 0. The summed E-state index contributed by atoms with van der Waals surface area (Å²) in [5.41, 5.74) is 4.56. The Morgan fingerprint density at radius 1 is 1.17 bits per heavy atom. The Balaban J connectivity index is 1.76. The van der Waals surface area contributed by atoms with Crippen LogP contribution in [-0.2, 0) is 0 Å². The second kappa shape index (κ2) is 6.73. The van der Waals surface area contributed by atoms with E-state index in [2.05, 4.69) is 10.3 Å². The van der Waals surface area contributed by atoms with Crippen LogP contribution in [0, 0.1) is 19.3 Å². The van der Waals surface area contributed by atoms with Gasteiger partial charge in [-0.25, -0.2) is 0 Å². The Kier molecular flexibility index (Phi) is 4.67. The summed E-state index contributed by atoms with van der Waals surface area (Å²) in [6.07, 6.45) is 3.10. The van der Waals surface area contributed by atoms with E-state index in [1.807, 2.05) is 50.2 Å². The van der Waals surface area contributed by atoms with Crippen LogP contribution in [-0.4, -0.2) is 29.1 Å². The van der Waals surface area contributed by atoms with Gasteiger partial charge in [0.05, 0.1) is 6.61 Å². The number of aromatic nitrogens is 1. The van der Waals surface area contributed by atoms with Gasteiger partial charge in [0, 0.05) is 28.9 Å². The van der Waals surface area contributed by atoms with Gasteiger partial charge in [-0.2, -0.15) is 0 Å². The molecule has 2 aromatic rings. The molecule has 0 spiro atoms. The third-order valence-corrected chi connectivity index (χ3v) is 4.91. The average molecular weight is 324 g/mol. The molecule has 1 aliphatic rings. The highest BCUT2D eigenvalue weighted by atomic mass is 16.3. The number of pyridine rings is 1. The maximum Gasteiger partial charge on any atom is 0.251 e. The van der Waals surface area contributed by atoms with E-state index in [1.165, 1.54) is 0 Å². The van der Waals surface area contributed by atoms with Crippen molar-refractivity contribution in [2.75, 3.05) is 13.2 Å². The zero-order valence-electron chi connectivity index (χ0n) is 14.3. The molecule has 0 atom stereocenters. The Hall–Kier alpha value is -2.20. The number of benzene rings is 1. The normalized spacial score (nSPS) is 15.6. The van der Waals surface area contributed by atoms with Gasteiger partial charge in [-0.1, -0.05) is 18.6 Å². The van der Waals surface area contributed by atoms with Crippen LogP contribution in [0.25, 0.3) is 11.1 Å². The lowest BCUT2D eigenvalue weighted by Crippen LogP contribution is -2.44. The van der Waals surface area contributed by atoms with Gasteiger partial charge in [-0.05, 0) is 62.1 Å². The third kappa shape index (κ3) is 3.49. The fourth-order valence-corrected chi connectivity index (χ4v) is 3.28. The van der Waals surface area contributed by atoms with E-state index in [0.29, 0.717) is 12.1 Å². The molecule has 126 valence electrons. The second-order valence-electron chi connectivity index (χ2n) is 6.91. The first kappa shape index (κ1) is 16.7. The molecule has 1 amide bonds. The number of carbonyl (C=O) groups excluding carboxylic acids is 1. The van der Waals surface area contributed by atoms with Crippen molar-refractivity contribution in [3.8, 4) is 11.1 Å². The molecule has 1 saturated carbocycles. The molecule has 2 N–H and O–H groups in total. The molecule has 1 heterocycles. The Labute approximate surface area is 142 Å². The summed E-state index contributed by atoms with van der Waals surface area (Å²) in [6.45, 7) is 4.63. The van der Waals surface area contributed by atoms with Crippen LogP contribution in [0.4, 0.5) is 0 Å². The van der Waals surface area contributed by atoms with E-state index in [4.69, 9.17) is 0 Å². The van der Waals surface area contributed by atoms with Gasteiger partial charge in [0.1, 0.15) is 0 Å². The number of hydrogen-bond acceptors (Lipinski definition) is 3. The second-order valence-corrected chi connectivity index (χ2v) is 6.91. The monoisotopic (exact) mass is 324 g/mol. The lowest BCUT2D eigenvalue weighted by atomic mass is 9.69. The molecule has 4 heteroatoms. The topological polar surface area (TPSA) is 62.2 Å². The predicted octanol–water partition coefficient (Wildman–Crippen LogP) is 3.26. The first-order valence-electron chi connectivity index (χ1n) is 8.46. The number of aliphatic hydroxyl groups is 1. The molecule has 0 radical (unpaired) electrons. The molecular formula is C20H24N2O2. The summed E-state index contributed by atoms with van der Waals surface area (Å²) in [5.74, 6) is -0.0842. The fraction of sp³-hybridized carbons (Fsp3) is 0.400.